The maximum atomic E-state index is 5.95. The molecule has 0 saturated heterocycles. The van der Waals surface area contributed by atoms with Crippen LogP contribution in [0.25, 0.3) is 0 Å². The second kappa shape index (κ2) is 7.42. The Labute approximate surface area is 112 Å². The molecule has 0 bridgehead atoms. The summed E-state index contributed by atoms with van der Waals surface area (Å²) in [4.78, 5) is 0. The highest BCUT2D eigenvalue weighted by Gasteiger charge is 2.08. The van der Waals surface area contributed by atoms with Crippen molar-refractivity contribution in [2.45, 2.75) is 52.5 Å². The highest BCUT2D eigenvalue weighted by molar-refractivity contribution is 5.39. The van der Waals surface area contributed by atoms with Crippen LogP contribution in [0.2, 0.25) is 0 Å². The van der Waals surface area contributed by atoms with Gasteiger partial charge in [0.25, 0.3) is 0 Å². The molecule has 0 aliphatic heterocycles. The van der Waals surface area contributed by atoms with Gasteiger partial charge in [0.2, 0.25) is 0 Å². The van der Waals surface area contributed by atoms with Crippen LogP contribution in [-0.2, 0) is 0 Å². The third kappa shape index (κ3) is 4.69. The van der Waals surface area contributed by atoms with Gasteiger partial charge < -0.3 is 10.1 Å². The van der Waals surface area contributed by atoms with Crippen LogP contribution < -0.4 is 10.1 Å². The third-order valence-corrected chi connectivity index (χ3v) is 3.32. The van der Waals surface area contributed by atoms with Crippen molar-refractivity contribution in [2.24, 2.45) is 0 Å². The Morgan fingerprint density at radius 3 is 2.56 bits per heavy atom. The lowest BCUT2D eigenvalue weighted by Crippen LogP contribution is -2.21. The Morgan fingerprint density at radius 1 is 1.22 bits per heavy atom. The second-order valence-electron chi connectivity index (χ2n) is 5.38. The number of rotatable bonds is 7. The molecule has 1 atom stereocenters. The standard InChI is InChI=1S/C16H27NO/c1-12(2)15-9-8-13(3)11-16(15)18-10-6-7-14(4)17-5/h8-9,11-12,14,17H,6-7,10H2,1-5H3. The molecule has 0 radical (unpaired) electrons. The van der Waals surface area contributed by atoms with Crippen molar-refractivity contribution in [1.82, 2.24) is 5.32 Å². The summed E-state index contributed by atoms with van der Waals surface area (Å²) in [6.07, 6.45) is 2.24. The Morgan fingerprint density at radius 2 is 1.94 bits per heavy atom. The minimum Gasteiger partial charge on any atom is -0.493 e. The van der Waals surface area contributed by atoms with Gasteiger partial charge in [0.15, 0.2) is 0 Å². The molecule has 102 valence electrons. The molecule has 0 aliphatic rings. The van der Waals surface area contributed by atoms with Gasteiger partial charge in [0.05, 0.1) is 6.61 Å². The van der Waals surface area contributed by atoms with E-state index in [2.05, 4.69) is 51.2 Å². The van der Waals surface area contributed by atoms with Crippen molar-refractivity contribution in [1.29, 1.82) is 0 Å². The van der Waals surface area contributed by atoms with E-state index in [1.54, 1.807) is 0 Å². The van der Waals surface area contributed by atoms with Crippen molar-refractivity contribution < 1.29 is 4.74 Å². The molecule has 2 nitrogen and oxygen atoms in total. The van der Waals surface area contributed by atoms with E-state index in [0.29, 0.717) is 12.0 Å². The van der Waals surface area contributed by atoms with Gasteiger partial charge >= 0.3 is 0 Å². The van der Waals surface area contributed by atoms with Crippen LogP contribution in [0.5, 0.6) is 5.75 Å². The summed E-state index contributed by atoms with van der Waals surface area (Å²) in [6, 6.07) is 7.06. The lowest BCUT2D eigenvalue weighted by molar-refractivity contribution is 0.295. The first kappa shape index (κ1) is 15.0. The molecular weight excluding hydrogens is 222 g/mol. The molecule has 0 amide bonds. The number of nitrogens with one attached hydrogen (secondary N) is 1. The molecule has 2 heteroatoms. The molecule has 0 saturated carbocycles. The summed E-state index contributed by atoms with van der Waals surface area (Å²) in [7, 11) is 2.00. The fourth-order valence-corrected chi connectivity index (χ4v) is 1.96. The van der Waals surface area contributed by atoms with E-state index in [9.17, 15) is 0 Å². The van der Waals surface area contributed by atoms with E-state index in [-0.39, 0.29) is 0 Å². The van der Waals surface area contributed by atoms with Crippen LogP contribution in [0.15, 0.2) is 18.2 Å². The van der Waals surface area contributed by atoms with Crippen molar-refractivity contribution >= 4 is 0 Å². The predicted molar refractivity (Wildman–Crippen MR) is 78.5 cm³/mol. The highest BCUT2D eigenvalue weighted by Crippen LogP contribution is 2.27. The van der Waals surface area contributed by atoms with Gasteiger partial charge in [-0.25, -0.2) is 0 Å². The Kier molecular flexibility index (Phi) is 6.20. The molecule has 0 aliphatic carbocycles. The van der Waals surface area contributed by atoms with E-state index in [1.165, 1.54) is 11.1 Å². The van der Waals surface area contributed by atoms with Gasteiger partial charge in [-0.1, -0.05) is 26.0 Å². The topological polar surface area (TPSA) is 21.3 Å². The fourth-order valence-electron chi connectivity index (χ4n) is 1.96. The van der Waals surface area contributed by atoms with Gasteiger partial charge in [0, 0.05) is 6.04 Å². The number of hydrogen-bond donors (Lipinski definition) is 1. The fraction of sp³-hybridized carbons (Fsp3) is 0.625. The second-order valence-corrected chi connectivity index (χ2v) is 5.38. The first-order chi connectivity index (χ1) is 8.54. The van der Waals surface area contributed by atoms with Crippen LogP contribution in [0.1, 0.15) is 50.7 Å². The molecule has 0 fully saturated rings. The quantitative estimate of drug-likeness (QED) is 0.740. The summed E-state index contributed by atoms with van der Waals surface area (Å²) >= 11 is 0. The van der Waals surface area contributed by atoms with Gasteiger partial charge in [-0.15, -0.1) is 0 Å². The van der Waals surface area contributed by atoms with Crippen molar-refractivity contribution in [3.05, 3.63) is 29.3 Å². The van der Waals surface area contributed by atoms with E-state index >= 15 is 0 Å². The lowest BCUT2D eigenvalue weighted by Gasteiger charge is -2.15. The maximum Gasteiger partial charge on any atom is 0.122 e. The molecule has 0 spiro atoms. The largest absolute Gasteiger partial charge is 0.493 e. The third-order valence-electron chi connectivity index (χ3n) is 3.32. The van der Waals surface area contributed by atoms with Crippen LogP contribution in [-0.4, -0.2) is 19.7 Å². The SMILES string of the molecule is CNC(C)CCCOc1cc(C)ccc1C(C)C. The van der Waals surface area contributed by atoms with Gasteiger partial charge in [-0.3, -0.25) is 0 Å². The number of hydrogen-bond acceptors (Lipinski definition) is 2. The zero-order valence-corrected chi connectivity index (χ0v) is 12.4. The summed E-state index contributed by atoms with van der Waals surface area (Å²) in [6.45, 7) is 9.53. The minimum absolute atomic E-state index is 0.511. The van der Waals surface area contributed by atoms with Gasteiger partial charge in [0.1, 0.15) is 5.75 Å². The van der Waals surface area contributed by atoms with E-state index in [1.807, 2.05) is 7.05 Å². The molecule has 1 unspecified atom stereocenters. The Hall–Kier alpha value is -1.02. The average molecular weight is 249 g/mol. The molecule has 1 aromatic rings. The molecule has 1 N–H and O–H groups in total. The van der Waals surface area contributed by atoms with Crippen LogP contribution in [0.4, 0.5) is 0 Å². The smallest absolute Gasteiger partial charge is 0.122 e. The van der Waals surface area contributed by atoms with E-state index in [0.717, 1.165) is 25.2 Å². The number of benzene rings is 1. The Bertz CT molecular complexity index is 360. The zero-order valence-electron chi connectivity index (χ0n) is 12.4. The van der Waals surface area contributed by atoms with Crippen molar-refractivity contribution in [3.63, 3.8) is 0 Å². The lowest BCUT2D eigenvalue weighted by atomic mass is 10.0. The van der Waals surface area contributed by atoms with Gasteiger partial charge in [-0.05, 0) is 56.8 Å². The predicted octanol–water partition coefficient (Wildman–Crippen LogP) is 3.89. The van der Waals surface area contributed by atoms with Crippen molar-refractivity contribution in [2.75, 3.05) is 13.7 Å². The van der Waals surface area contributed by atoms with E-state index < -0.39 is 0 Å². The summed E-state index contributed by atoms with van der Waals surface area (Å²) in [5.74, 6) is 1.57. The maximum absolute atomic E-state index is 5.95. The summed E-state index contributed by atoms with van der Waals surface area (Å²) in [5.41, 5.74) is 2.57. The molecule has 0 heterocycles. The normalized spacial score (nSPS) is 12.8. The number of aryl methyl sites for hydroxylation is 1. The first-order valence-corrected chi connectivity index (χ1v) is 6.95. The average Bonchev–Trinajstić information content (AvgIpc) is 2.34. The van der Waals surface area contributed by atoms with Crippen LogP contribution in [0, 0.1) is 6.92 Å². The molecular formula is C16H27NO. The van der Waals surface area contributed by atoms with E-state index in [4.69, 9.17) is 4.74 Å². The zero-order chi connectivity index (χ0) is 13.5. The molecule has 18 heavy (non-hydrogen) atoms. The minimum atomic E-state index is 0.511. The van der Waals surface area contributed by atoms with Crippen LogP contribution in [0.3, 0.4) is 0 Å². The van der Waals surface area contributed by atoms with Crippen molar-refractivity contribution in [3.8, 4) is 5.75 Å². The molecule has 1 rings (SSSR count). The van der Waals surface area contributed by atoms with Crippen LogP contribution >= 0.6 is 0 Å². The number of ether oxygens (including phenoxy) is 1. The first-order valence-electron chi connectivity index (χ1n) is 6.95. The Balaban J connectivity index is 2.53. The molecule has 0 aromatic heterocycles. The summed E-state index contributed by atoms with van der Waals surface area (Å²) in [5, 5.41) is 3.25. The van der Waals surface area contributed by atoms with Gasteiger partial charge in [-0.2, -0.15) is 0 Å². The highest BCUT2D eigenvalue weighted by atomic mass is 16.5. The monoisotopic (exact) mass is 249 g/mol. The summed E-state index contributed by atoms with van der Waals surface area (Å²) < 4.78 is 5.95. The molecule has 1 aromatic carbocycles.